The molecule has 0 aromatic carbocycles. The molecule has 0 fully saturated rings. The van der Waals surface area contributed by atoms with Gasteiger partial charge in [-0.25, -0.2) is 4.98 Å². The highest BCUT2D eigenvalue weighted by atomic mass is 32.2. The molecule has 0 radical (unpaired) electrons. The topological polar surface area (TPSA) is 45.2 Å². The second-order valence-corrected chi connectivity index (χ2v) is 7.86. The van der Waals surface area contributed by atoms with Gasteiger partial charge in [0.25, 0.3) is 11.7 Å². The van der Waals surface area contributed by atoms with Crippen LogP contribution < -0.4 is 5.32 Å². The summed E-state index contributed by atoms with van der Waals surface area (Å²) in [6.45, 7) is 4.38. The fourth-order valence-electron chi connectivity index (χ4n) is 2.85. The molecule has 0 saturated carbocycles. The maximum atomic E-state index is 12.6. The highest BCUT2D eigenvalue weighted by molar-refractivity contribution is 7.99. The zero-order valence-electron chi connectivity index (χ0n) is 13.7. The number of rotatable bonds is 6. The number of carbonyl (C=O) groups excluding carboxylic acids is 1. The minimum Gasteiger partial charge on any atom is -0.350 e. The number of hydrogen-bond acceptors (Lipinski definition) is 5. The van der Waals surface area contributed by atoms with E-state index in [-0.39, 0.29) is 22.5 Å². The lowest BCUT2D eigenvalue weighted by Crippen LogP contribution is -2.44. The zero-order valence-corrected chi connectivity index (χ0v) is 15.4. The van der Waals surface area contributed by atoms with E-state index in [2.05, 4.69) is 33.6 Å². The van der Waals surface area contributed by atoms with Crippen LogP contribution in [0, 0.1) is 0 Å². The van der Waals surface area contributed by atoms with Gasteiger partial charge in [-0.1, -0.05) is 0 Å². The molecular formula is C17H19F2N3OS2. The normalized spacial score (nSPS) is 15.8. The summed E-state index contributed by atoms with van der Waals surface area (Å²) in [6, 6.07) is 5.42. The van der Waals surface area contributed by atoms with Gasteiger partial charge in [-0.2, -0.15) is 8.78 Å². The summed E-state index contributed by atoms with van der Waals surface area (Å²) >= 11 is 2.09. The van der Waals surface area contributed by atoms with E-state index in [1.807, 2.05) is 0 Å². The Morgan fingerprint density at radius 2 is 2.32 bits per heavy atom. The van der Waals surface area contributed by atoms with Crippen LogP contribution in [0.5, 0.6) is 0 Å². The molecule has 0 saturated heterocycles. The molecule has 1 amide bonds. The summed E-state index contributed by atoms with van der Waals surface area (Å²) in [5.41, 5.74) is 1.55. The van der Waals surface area contributed by atoms with Gasteiger partial charge in [0, 0.05) is 36.8 Å². The van der Waals surface area contributed by atoms with Gasteiger partial charge >= 0.3 is 0 Å². The summed E-state index contributed by atoms with van der Waals surface area (Å²) in [5, 5.41) is 5.03. The monoisotopic (exact) mass is 383 g/mol. The Bertz CT molecular complexity index is 738. The third-order valence-corrected chi connectivity index (χ3v) is 5.98. The van der Waals surface area contributed by atoms with Gasteiger partial charge in [0.1, 0.15) is 5.03 Å². The van der Waals surface area contributed by atoms with Crippen molar-refractivity contribution in [3.63, 3.8) is 0 Å². The number of amides is 1. The van der Waals surface area contributed by atoms with E-state index >= 15 is 0 Å². The lowest BCUT2D eigenvalue weighted by Gasteiger charge is -2.32. The maximum absolute atomic E-state index is 12.6. The number of thioether (sulfide) groups is 1. The Morgan fingerprint density at radius 3 is 3.12 bits per heavy atom. The minimum absolute atomic E-state index is 0.0588. The fourth-order valence-corrected chi connectivity index (χ4v) is 4.32. The van der Waals surface area contributed by atoms with Crippen molar-refractivity contribution in [3.05, 3.63) is 45.8 Å². The van der Waals surface area contributed by atoms with Gasteiger partial charge in [0.2, 0.25) is 0 Å². The smallest absolute Gasteiger partial charge is 0.290 e. The second kappa shape index (κ2) is 8.25. The molecule has 134 valence electrons. The average Bonchev–Trinajstić information content (AvgIpc) is 3.07. The number of carbonyl (C=O) groups is 1. The van der Waals surface area contributed by atoms with Crippen molar-refractivity contribution in [2.24, 2.45) is 0 Å². The number of halogens is 2. The molecule has 3 heterocycles. The zero-order chi connectivity index (χ0) is 17.8. The molecule has 8 heteroatoms. The number of nitrogens with zero attached hydrogens (tertiary/aromatic N) is 2. The molecule has 4 nitrogen and oxygen atoms in total. The van der Waals surface area contributed by atoms with Crippen LogP contribution in [-0.4, -0.2) is 40.7 Å². The van der Waals surface area contributed by atoms with Gasteiger partial charge in [0.15, 0.2) is 0 Å². The number of fused-ring (bicyclic) bond motifs is 1. The molecule has 25 heavy (non-hydrogen) atoms. The van der Waals surface area contributed by atoms with Crippen LogP contribution in [0.2, 0.25) is 0 Å². The van der Waals surface area contributed by atoms with Crippen LogP contribution in [0.4, 0.5) is 8.78 Å². The highest BCUT2D eigenvalue weighted by Gasteiger charge is 2.22. The van der Waals surface area contributed by atoms with Crippen LogP contribution in [0.1, 0.15) is 27.7 Å². The Kier molecular flexibility index (Phi) is 6.03. The van der Waals surface area contributed by atoms with Gasteiger partial charge in [-0.05, 0) is 54.2 Å². The molecular weight excluding hydrogens is 364 g/mol. The SMILES string of the molecule is CC(CNC(=O)c1cccnc1SC(F)F)N1CCc2sccc2C1. The Labute approximate surface area is 153 Å². The molecule has 1 aliphatic rings. The first-order chi connectivity index (χ1) is 12.0. The summed E-state index contributed by atoms with van der Waals surface area (Å²) in [6.07, 6.45) is 2.44. The Morgan fingerprint density at radius 1 is 1.48 bits per heavy atom. The van der Waals surface area contributed by atoms with E-state index in [9.17, 15) is 13.6 Å². The van der Waals surface area contributed by atoms with Gasteiger partial charge in [0.05, 0.1) is 5.56 Å². The Balaban J connectivity index is 1.57. The third kappa shape index (κ3) is 4.56. The number of pyridine rings is 1. The first kappa shape index (κ1) is 18.3. The van der Waals surface area contributed by atoms with Crippen LogP contribution in [0.15, 0.2) is 34.8 Å². The summed E-state index contributed by atoms with van der Waals surface area (Å²) in [5.74, 6) is -2.97. The molecule has 1 atom stereocenters. The van der Waals surface area contributed by atoms with E-state index in [1.165, 1.54) is 22.7 Å². The Hall–Kier alpha value is -1.51. The van der Waals surface area contributed by atoms with Crippen LogP contribution in [0.3, 0.4) is 0 Å². The minimum atomic E-state index is -2.60. The number of aromatic nitrogens is 1. The van der Waals surface area contributed by atoms with Gasteiger partial charge < -0.3 is 5.32 Å². The molecule has 1 N–H and O–H groups in total. The first-order valence-electron chi connectivity index (χ1n) is 8.02. The maximum Gasteiger partial charge on any atom is 0.290 e. The number of hydrogen-bond donors (Lipinski definition) is 1. The van der Waals surface area contributed by atoms with E-state index in [0.717, 1.165) is 19.5 Å². The molecule has 0 bridgehead atoms. The molecule has 0 aliphatic carbocycles. The van der Waals surface area contributed by atoms with Gasteiger partial charge in [-0.3, -0.25) is 9.69 Å². The predicted octanol–water partition coefficient (Wildman–Crippen LogP) is 3.63. The molecule has 1 unspecified atom stereocenters. The fraction of sp³-hybridized carbons (Fsp3) is 0.412. The van der Waals surface area contributed by atoms with E-state index in [4.69, 9.17) is 0 Å². The number of thiophene rings is 1. The largest absolute Gasteiger partial charge is 0.350 e. The van der Waals surface area contributed by atoms with Crippen LogP contribution in [0.25, 0.3) is 0 Å². The summed E-state index contributed by atoms with van der Waals surface area (Å²) in [7, 11) is 0. The van der Waals surface area contributed by atoms with Crippen molar-refractivity contribution in [1.82, 2.24) is 15.2 Å². The van der Waals surface area contributed by atoms with Crippen molar-refractivity contribution in [3.8, 4) is 0 Å². The van der Waals surface area contributed by atoms with E-state index < -0.39 is 5.76 Å². The second-order valence-electron chi connectivity index (χ2n) is 5.88. The van der Waals surface area contributed by atoms with E-state index in [0.29, 0.717) is 18.3 Å². The molecule has 3 rings (SSSR count). The molecule has 0 spiro atoms. The summed E-state index contributed by atoms with van der Waals surface area (Å²) in [4.78, 5) is 20.0. The van der Waals surface area contributed by atoms with Crippen molar-refractivity contribution in [2.45, 2.75) is 36.7 Å². The standard InChI is InChI=1S/C17H19F2N3OS2/c1-11(22-7-4-14-12(10-22)5-8-24-14)9-21-15(23)13-3-2-6-20-16(13)25-17(18)19/h2-3,5-6,8,11,17H,4,7,9-10H2,1H3,(H,21,23). The molecule has 1 aliphatic heterocycles. The van der Waals surface area contributed by atoms with Crippen molar-refractivity contribution in [1.29, 1.82) is 0 Å². The van der Waals surface area contributed by atoms with Crippen LogP contribution >= 0.6 is 23.1 Å². The lowest BCUT2D eigenvalue weighted by molar-refractivity contribution is 0.0929. The number of nitrogens with one attached hydrogen (secondary N) is 1. The lowest BCUT2D eigenvalue weighted by atomic mass is 10.1. The molecule has 2 aromatic rings. The molecule has 2 aromatic heterocycles. The first-order valence-corrected chi connectivity index (χ1v) is 9.78. The van der Waals surface area contributed by atoms with Gasteiger partial charge in [-0.15, -0.1) is 11.3 Å². The average molecular weight is 383 g/mol. The number of alkyl halides is 2. The highest BCUT2D eigenvalue weighted by Crippen LogP contribution is 2.27. The van der Waals surface area contributed by atoms with Crippen molar-refractivity contribution in [2.75, 3.05) is 13.1 Å². The van der Waals surface area contributed by atoms with Crippen molar-refractivity contribution < 1.29 is 13.6 Å². The van der Waals surface area contributed by atoms with E-state index in [1.54, 1.807) is 17.4 Å². The van der Waals surface area contributed by atoms with Crippen LogP contribution in [-0.2, 0) is 13.0 Å². The third-order valence-electron chi connectivity index (χ3n) is 4.24. The quantitative estimate of drug-likeness (QED) is 0.774. The summed E-state index contributed by atoms with van der Waals surface area (Å²) < 4.78 is 25.2. The predicted molar refractivity (Wildman–Crippen MR) is 96.3 cm³/mol. The van der Waals surface area contributed by atoms with Crippen molar-refractivity contribution >= 4 is 29.0 Å².